The minimum absolute atomic E-state index is 0.128. The number of unbranched alkanes of at least 4 members (excludes halogenated alkanes) is 2. The van der Waals surface area contributed by atoms with Gasteiger partial charge in [-0.25, -0.2) is 0 Å². The van der Waals surface area contributed by atoms with Gasteiger partial charge in [0.1, 0.15) is 0 Å². The molecule has 0 aliphatic rings. The molecule has 0 amide bonds. The third-order valence-electron chi connectivity index (χ3n) is 2.79. The standard InChI is InChI=1S/C11H24O2.C2H6O/c1-3-5-7-11(9-12,10-13)8-6-4-2;1-3-2/h12-13H,3-10H2,1-2H3;1-2H3. The molecule has 0 saturated heterocycles. The van der Waals surface area contributed by atoms with Crippen LogP contribution in [0, 0.1) is 5.41 Å². The Morgan fingerprint density at radius 1 is 0.875 bits per heavy atom. The van der Waals surface area contributed by atoms with Gasteiger partial charge in [-0.2, -0.15) is 0 Å². The second-order valence-corrected chi connectivity index (χ2v) is 4.43. The Hall–Kier alpha value is -0.120. The van der Waals surface area contributed by atoms with Crippen molar-refractivity contribution in [3.05, 3.63) is 0 Å². The monoisotopic (exact) mass is 234 g/mol. The zero-order valence-electron chi connectivity index (χ0n) is 11.5. The third-order valence-corrected chi connectivity index (χ3v) is 2.79. The maximum absolute atomic E-state index is 9.27. The highest BCUT2D eigenvalue weighted by atomic mass is 16.4. The number of hydrogen-bond acceptors (Lipinski definition) is 3. The van der Waals surface area contributed by atoms with Gasteiger partial charge in [0.25, 0.3) is 0 Å². The molecule has 0 aromatic carbocycles. The van der Waals surface area contributed by atoms with E-state index < -0.39 is 0 Å². The summed E-state index contributed by atoms with van der Waals surface area (Å²) in [6, 6.07) is 0. The van der Waals surface area contributed by atoms with Crippen LogP contribution in [-0.4, -0.2) is 37.6 Å². The average Bonchev–Trinajstić information content (AvgIpc) is 2.31. The van der Waals surface area contributed by atoms with Gasteiger partial charge in [0.15, 0.2) is 0 Å². The van der Waals surface area contributed by atoms with E-state index in [1.165, 1.54) is 0 Å². The van der Waals surface area contributed by atoms with Crippen molar-refractivity contribution in [2.24, 2.45) is 5.41 Å². The SMILES string of the molecule is CCCCC(CO)(CO)CCCC.COC. The molecule has 16 heavy (non-hydrogen) atoms. The number of rotatable bonds is 8. The zero-order valence-corrected chi connectivity index (χ0v) is 11.5. The summed E-state index contributed by atoms with van der Waals surface area (Å²) < 4.78 is 4.25. The topological polar surface area (TPSA) is 49.7 Å². The first kappa shape index (κ1) is 18.3. The summed E-state index contributed by atoms with van der Waals surface area (Å²) in [5.41, 5.74) is -0.202. The maximum Gasteiger partial charge on any atom is 0.0509 e. The molecule has 0 bridgehead atoms. The molecular weight excluding hydrogens is 204 g/mol. The van der Waals surface area contributed by atoms with Gasteiger partial charge in [0.05, 0.1) is 13.2 Å². The second-order valence-electron chi connectivity index (χ2n) is 4.43. The van der Waals surface area contributed by atoms with Crippen molar-refractivity contribution in [2.75, 3.05) is 27.4 Å². The highest BCUT2D eigenvalue weighted by molar-refractivity contribution is 4.77. The first-order valence-corrected chi connectivity index (χ1v) is 6.28. The molecule has 0 unspecified atom stereocenters. The molecular formula is C13H30O3. The number of ether oxygens (including phenoxy) is 1. The lowest BCUT2D eigenvalue weighted by molar-refractivity contribution is 0.0361. The summed E-state index contributed by atoms with van der Waals surface area (Å²) in [7, 11) is 3.25. The molecule has 3 heteroatoms. The Bertz CT molecular complexity index is 112. The minimum Gasteiger partial charge on any atom is -0.396 e. The molecule has 0 heterocycles. The number of aliphatic hydroxyl groups is 2. The summed E-state index contributed by atoms with van der Waals surface area (Å²) in [6.07, 6.45) is 6.38. The third kappa shape index (κ3) is 9.13. The fourth-order valence-electron chi connectivity index (χ4n) is 1.59. The van der Waals surface area contributed by atoms with E-state index >= 15 is 0 Å². The van der Waals surface area contributed by atoms with Crippen molar-refractivity contribution in [3.8, 4) is 0 Å². The van der Waals surface area contributed by atoms with Crippen molar-refractivity contribution >= 4 is 0 Å². The van der Waals surface area contributed by atoms with E-state index in [0.717, 1.165) is 38.5 Å². The van der Waals surface area contributed by atoms with Crippen molar-refractivity contribution < 1.29 is 14.9 Å². The van der Waals surface area contributed by atoms with E-state index in [-0.39, 0.29) is 18.6 Å². The molecule has 0 saturated carbocycles. The first-order chi connectivity index (χ1) is 7.66. The van der Waals surface area contributed by atoms with Crippen LogP contribution in [0.5, 0.6) is 0 Å². The van der Waals surface area contributed by atoms with E-state index in [1.54, 1.807) is 14.2 Å². The highest BCUT2D eigenvalue weighted by Crippen LogP contribution is 2.29. The second kappa shape index (κ2) is 12.9. The van der Waals surface area contributed by atoms with Gasteiger partial charge >= 0.3 is 0 Å². The summed E-state index contributed by atoms with van der Waals surface area (Å²) in [6.45, 7) is 4.53. The Morgan fingerprint density at radius 3 is 1.38 bits per heavy atom. The fraction of sp³-hybridized carbons (Fsp3) is 1.00. The molecule has 0 aliphatic heterocycles. The summed E-state index contributed by atoms with van der Waals surface area (Å²) in [5.74, 6) is 0. The van der Waals surface area contributed by atoms with Crippen LogP contribution in [-0.2, 0) is 4.74 Å². The van der Waals surface area contributed by atoms with E-state index in [2.05, 4.69) is 18.6 Å². The summed E-state index contributed by atoms with van der Waals surface area (Å²) >= 11 is 0. The van der Waals surface area contributed by atoms with Crippen LogP contribution >= 0.6 is 0 Å². The van der Waals surface area contributed by atoms with Crippen molar-refractivity contribution in [3.63, 3.8) is 0 Å². The molecule has 0 atom stereocenters. The van der Waals surface area contributed by atoms with Gasteiger partial charge in [-0.05, 0) is 12.8 Å². The van der Waals surface area contributed by atoms with Crippen LogP contribution in [0.4, 0.5) is 0 Å². The molecule has 0 aromatic rings. The Labute approximate surface area is 101 Å². The van der Waals surface area contributed by atoms with E-state index in [9.17, 15) is 10.2 Å². The summed E-state index contributed by atoms with van der Waals surface area (Å²) in [4.78, 5) is 0. The quantitative estimate of drug-likeness (QED) is 0.678. The molecule has 0 radical (unpaired) electrons. The lowest BCUT2D eigenvalue weighted by Crippen LogP contribution is -2.29. The Kier molecular flexibility index (Phi) is 14.8. The highest BCUT2D eigenvalue weighted by Gasteiger charge is 2.26. The van der Waals surface area contributed by atoms with Gasteiger partial charge in [-0.15, -0.1) is 0 Å². The predicted octanol–water partition coefficient (Wildman–Crippen LogP) is 2.60. The molecule has 0 spiro atoms. The lowest BCUT2D eigenvalue weighted by Gasteiger charge is -2.29. The van der Waals surface area contributed by atoms with Crippen molar-refractivity contribution in [1.82, 2.24) is 0 Å². The molecule has 0 fully saturated rings. The van der Waals surface area contributed by atoms with Gasteiger partial charge in [-0.1, -0.05) is 39.5 Å². The minimum atomic E-state index is -0.202. The van der Waals surface area contributed by atoms with E-state index in [1.807, 2.05) is 0 Å². The van der Waals surface area contributed by atoms with Crippen molar-refractivity contribution in [2.45, 2.75) is 52.4 Å². The van der Waals surface area contributed by atoms with Crippen molar-refractivity contribution in [1.29, 1.82) is 0 Å². The molecule has 3 nitrogen and oxygen atoms in total. The smallest absolute Gasteiger partial charge is 0.0509 e. The van der Waals surface area contributed by atoms with E-state index in [4.69, 9.17) is 0 Å². The van der Waals surface area contributed by atoms with Crippen LogP contribution in [0.15, 0.2) is 0 Å². The molecule has 100 valence electrons. The van der Waals surface area contributed by atoms with Crippen LogP contribution in [0.1, 0.15) is 52.4 Å². The van der Waals surface area contributed by atoms with Gasteiger partial charge in [0.2, 0.25) is 0 Å². The van der Waals surface area contributed by atoms with Crippen LogP contribution in [0.3, 0.4) is 0 Å². The predicted molar refractivity (Wildman–Crippen MR) is 68.6 cm³/mol. The molecule has 0 aromatic heterocycles. The Balaban J connectivity index is 0. The number of methoxy groups -OCH3 is 1. The van der Waals surface area contributed by atoms with Crippen LogP contribution < -0.4 is 0 Å². The van der Waals surface area contributed by atoms with Gasteiger partial charge in [-0.3, -0.25) is 0 Å². The number of aliphatic hydroxyl groups excluding tert-OH is 2. The van der Waals surface area contributed by atoms with E-state index in [0.29, 0.717) is 0 Å². The average molecular weight is 234 g/mol. The zero-order chi connectivity index (χ0) is 12.9. The summed E-state index contributed by atoms with van der Waals surface area (Å²) in [5, 5.41) is 18.5. The first-order valence-electron chi connectivity index (χ1n) is 6.28. The molecule has 0 aliphatic carbocycles. The van der Waals surface area contributed by atoms with Gasteiger partial charge < -0.3 is 14.9 Å². The van der Waals surface area contributed by atoms with Gasteiger partial charge in [0, 0.05) is 19.6 Å². The van der Waals surface area contributed by atoms with Crippen LogP contribution in [0.2, 0.25) is 0 Å². The molecule has 0 rings (SSSR count). The van der Waals surface area contributed by atoms with Crippen LogP contribution in [0.25, 0.3) is 0 Å². The normalized spacial score (nSPS) is 10.9. The maximum atomic E-state index is 9.27. The Morgan fingerprint density at radius 2 is 1.19 bits per heavy atom. The largest absolute Gasteiger partial charge is 0.396 e. The fourth-order valence-corrected chi connectivity index (χ4v) is 1.59. The molecule has 2 N–H and O–H groups in total. The lowest BCUT2D eigenvalue weighted by atomic mass is 9.80. The number of hydrogen-bond donors (Lipinski definition) is 2.